The minimum atomic E-state index is -3.58. The zero-order valence-corrected chi connectivity index (χ0v) is 19.0. The van der Waals surface area contributed by atoms with Crippen molar-refractivity contribution in [2.75, 3.05) is 35.7 Å². The molecule has 1 N–H and O–H groups in total. The van der Waals surface area contributed by atoms with Crippen LogP contribution in [0.4, 0.5) is 11.4 Å². The molecule has 1 atom stereocenters. The fourth-order valence-electron chi connectivity index (χ4n) is 3.27. The summed E-state index contributed by atoms with van der Waals surface area (Å²) < 4.78 is 52.1. The molecule has 0 spiro atoms. The quantitative estimate of drug-likeness (QED) is 0.699. The van der Waals surface area contributed by atoms with Gasteiger partial charge in [-0.1, -0.05) is 24.3 Å². The van der Waals surface area contributed by atoms with E-state index >= 15 is 0 Å². The van der Waals surface area contributed by atoms with Crippen molar-refractivity contribution in [1.82, 2.24) is 4.41 Å². The van der Waals surface area contributed by atoms with Crippen LogP contribution in [-0.4, -0.2) is 53.1 Å². The minimum Gasteiger partial charge on any atom is -0.378 e. The summed E-state index contributed by atoms with van der Waals surface area (Å²) in [5.41, 5.74) is 3.53. The molecule has 30 heavy (non-hydrogen) atoms. The highest BCUT2D eigenvalue weighted by Gasteiger charge is 2.35. The van der Waals surface area contributed by atoms with Crippen LogP contribution < -0.4 is 9.62 Å². The first-order chi connectivity index (χ1) is 14.0. The Hall–Kier alpha value is -2.59. The van der Waals surface area contributed by atoms with Crippen molar-refractivity contribution in [1.29, 1.82) is 0 Å². The van der Waals surface area contributed by atoms with E-state index in [0.29, 0.717) is 23.4 Å². The van der Waals surface area contributed by atoms with Gasteiger partial charge < -0.3 is 4.90 Å². The van der Waals surface area contributed by atoms with Crippen LogP contribution in [0.5, 0.6) is 0 Å². The van der Waals surface area contributed by atoms with E-state index in [0.717, 1.165) is 17.5 Å². The normalized spacial score (nSPS) is 17.0. The molecule has 2 aromatic carbocycles. The minimum absolute atomic E-state index is 0.0638. The van der Waals surface area contributed by atoms with E-state index < -0.39 is 26.1 Å². The standard InChI is InChI=1S/C20H26N4O4S2/c1-5-30(27,28)24-20(15-9-11-18(12-10-15)23(2)3)14-19(21-24)16-7-6-8-17(13-16)22-29(4,25)26/h6-13,20,22H,5,14H2,1-4H3/t20-/m1/s1. The molecule has 0 aromatic heterocycles. The molecule has 0 aliphatic carbocycles. The molecule has 162 valence electrons. The topological polar surface area (TPSA) is 99.1 Å². The number of hydrogen-bond acceptors (Lipinski definition) is 6. The SMILES string of the molecule is CCS(=O)(=O)N1N=C(c2cccc(NS(C)(=O)=O)c2)C[C@@H]1c1ccc(N(C)C)cc1. The average Bonchev–Trinajstić information content (AvgIpc) is 3.13. The van der Waals surface area contributed by atoms with Gasteiger partial charge in [-0.2, -0.15) is 9.52 Å². The number of anilines is 2. The van der Waals surface area contributed by atoms with Gasteiger partial charge in [0.2, 0.25) is 20.0 Å². The molecule has 2 aromatic rings. The van der Waals surface area contributed by atoms with Crippen molar-refractivity contribution in [3.05, 3.63) is 59.7 Å². The van der Waals surface area contributed by atoms with Crippen LogP contribution in [0.25, 0.3) is 0 Å². The third-order valence-electron chi connectivity index (χ3n) is 4.82. The summed E-state index contributed by atoms with van der Waals surface area (Å²) in [5, 5.41) is 4.43. The molecule has 0 radical (unpaired) electrons. The number of hydrogen-bond donors (Lipinski definition) is 1. The first-order valence-electron chi connectivity index (χ1n) is 9.45. The Morgan fingerprint density at radius 2 is 1.77 bits per heavy atom. The molecule has 0 bridgehead atoms. The van der Waals surface area contributed by atoms with Crippen LogP contribution in [0.2, 0.25) is 0 Å². The molecule has 0 amide bonds. The van der Waals surface area contributed by atoms with E-state index in [9.17, 15) is 16.8 Å². The van der Waals surface area contributed by atoms with Crippen LogP contribution in [0.1, 0.15) is 30.5 Å². The molecule has 1 aliphatic rings. The Labute approximate surface area is 178 Å². The van der Waals surface area contributed by atoms with Gasteiger partial charge in [-0.3, -0.25) is 4.72 Å². The van der Waals surface area contributed by atoms with Crippen LogP contribution >= 0.6 is 0 Å². The maximum absolute atomic E-state index is 12.7. The lowest BCUT2D eigenvalue weighted by Gasteiger charge is -2.23. The summed E-state index contributed by atoms with van der Waals surface area (Å²) in [6.07, 6.45) is 1.47. The molecule has 10 heteroatoms. The maximum Gasteiger partial charge on any atom is 0.250 e. The molecular weight excluding hydrogens is 424 g/mol. The molecule has 0 unspecified atom stereocenters. The number of sulfonamides is 2. The highest BCUT2D eigenvalue weighted by molar-refractivity contribution is 7.92. The van der Waals surface area contributed by atoms with Crippen molar-refractivity contribution < 1.29 is 16.8 Å². The lowest BCUT2D eigenvalue weighted by molar-refractivity contribution is 0.372. The highest BCUT2D eigenvalue weighted by atomic mass is 32.2. The van der Waals surface area contributed by atoms with Gasteiger partial charge in [-0.05, 0) is 42.3 Å². The van der Waals surface area contributed by atoms with Gasteiger partial charge in [-0.25, -0.2) is 16.8 Å². The molecule has 0 fully saturated rings. The van der Waals surface area contributed by atoms with E-state index in [2.05, 4.69) is 9.82 Å². The number of nitrogens with one attached hydrogen (secondary N) is 1. The summed E-state index contributed by atoms with van der Waals surface area (Å²) in [6.45, 7) is 1.59. The summed E-state index contributed by atoms with van der Waals surface area (Å²) >= 11 is 0. The van der Waals surface area contributed by atoms with E-state index in [1.807, 2.05) is 43.3 Å². The Kier molecular flexibility index (Phi) is 6.09. The molecule has 3 rings (SSSR count). The van der Waals surface area contributed by atoms with Gasteiger partial charge >= 0.3 is 0 Å². The summed E-state index contributed by atoms with van der Waals surface area (Å²) in [6, 6.07) is 14.1. The van der Waals surface area contributed by atoms with E-state index in [-0.39, 0.29) is 5.75 Å². The fourth-order valence-corrected chi connectivity index (χ4v) is 4.90. The van der Waals surface area contributed by atoms with E-state index in [1.54, 1.807) is 31.2 Å². The Balaban J connectivity index is 1.98. The molecular formula is C20H26N4O4S2. The lowest BCUT2D eigenvalue weighted by Crippen LogP contribution is -2.28. The van der Waals surface area contributed by atoms with Crippen LogP contribution in [-0.2, 0) is 20.0 Å². The predicted octanol–water partition coefficient (Wildman–Crippen LogP) is 2.62. The monoisotopic (exact) mass is 450 g/mol. The average molecular weight is 451 g/mol. The second kappa shape index (κ2) is 8.27. The zero-order chi connectivity index (χ0) is 22.1. The molecule has 8 nitrogen and oxygen atoms in total. The van der Waals surface area contributed by atoms with Crippen molar-refractivity contribution >= 4 is 37.1 Å². The summed E-state index contributed by atoms with van der Waals surface area (Å²) in [4.78, 5) is 1.97. The van der Waals surface area contributed by atoms with Crippen LogP contribution in [0, 0.1) is 0 Å². The fraction of sp³-hybridized carbons (Fsp3) is 0.350. The molecule has 0 saturated heterocycles. The van der Waals surface area contributed by atoms with Gasteiger partial charge in [-0.15, -0.1) is 0 Å². The largest absolute Gasteiger partial charge is 0.378 e. The van der Waals surface area contributed by atoms with Gasteiger partial charge in [0.15, 0.2) is 0 Å². The van der Waals surface area contributed by atoms with Gasteiger partial charge in [0.1, 0.15) is 0 Å². The first kappa shape index (κ1) is 22.1. The lowest BCUT2D eigenvalue weighted by atomic mass is 9.98. The number of rotatable bonds is 7. The van der Waals surface area contributed by atoms with E-state index in [4.69, 9.17) is 0 Å². The zero-order valence-electron chi connectivity index (χ0n) is 17.4. The Bertz CT molecular complexity index is 1160. The highest BCUT2D eigenvalue weighted by Crippen LogP contribution is 2.36. The first-order valence-corrected chi connectivity index (χ1v) is 13.0. The predicted molar refractivity (Wildman–Crippen MR) is 121 cm³/mol. The third kappa shape index (κ3) is 4.93. The maximum atomic E-state index is 12.7. The van der Waals surface area contributed by atoms with Crippen molar-refractivity contribution in [2.24, 2.45) is 5.10 Å². The van der Waals surface area contributed by atoms with Gasteiger partial charge in [0.25, 0.3) is 0 Å². The molecule has 0 saturated carbocycles. The third-order valence-corrected chi connectivity index (χ3v) is 7.06. The van der Waals surface area contributed by atoms with Gasteiger partial charge in [0.05, 0.1) is 23.8 Å². The van der Waals surface area contributed by atoms with E-state index in [1.165, 1.54) is 4.41 Å². The van der Waals surface area contributed by atoms with Crippen molar-refractivity contribution in [2.45, 2.75) is 19.4 Å². The van der Waals surface area contributed by atoms with Crippen LogP contribution in [0.15, 0.2) is 53.6 Å². The van der Waals surface area contributed by atoms with Crippen molar-refractivity contribution in [3.8, 4) is 0 Å². The second-order valence-corrected chi connectivity index (χ2v) is 11.2. The number of nitrogens with zero attached hydrogens (tertiary/aromatic N) is 3. The van der Waals surface area contributed by atoms with Crippen molar-refractivity contribution in [3.63, 3.8) is 0 Å². The Morgan fingerprint density at radius 3 is 2.33 bits per heavy atom. The number of hydrazone groups is 1. The molecule has 1 aliphatic heterocycles. The Morgan fingerprint density at radius 1 is 1.10 bits per heavy atom. The second-order valence-electron chi connectivity index (χ2n) is 7.38. The smallest absolute Gasteiger partial charge is 0.250 e. The van der Waals surface area contributed by atoms with Crippen LogP contribution in [0.3, 0.4) is 0 Å². The molecule has 1 heterocycles. The summed E-state index contributed by atoms with van der Waals surface area (Å²) in [5.74, 6) is -0.0638. The number of benzene rings is 2. The summed E-state index contributed by atoms with van der Waals surface area (Å²) in [7, 11) is -3.11. The van der Waals surface area contributed by atoms with Gasteiger partial charge in [0, 0.05) is 31.9 Å².